The van der Waals surface area contributed by atoms with E-state index in [0.29, 0.717) is 3.57 Å². The van der Waals surface area contributed by atoms with Crippen LogP contribution >= 0.6 is 22.6 Å². The second kappa shape index (κ2) is 4.36. The first-order valence-electron chi connectivity index (χ1n) is 3.56. The fourth-order valence-corrected chi connectivity index (χ4v) is 1.58. The number of rotatable bonds is 1. The largest absolute Gasteiger partial charge is 0.351 e. The second-order valence-electron chi connectivity index (χ2n) is 2.44. The zero-order chi connectivity index (χ0) is 10.7. The summed E-state index contributed by atoms with van der Waals surface area (Å²) in [4.78, 5) is 21.6. The third-order valence-electron chi connectivity index (χ3n) is 1.41. The van der Waals surface area contributed by atoms with Crippen LogP contribution in [-0.2, 0) is 0 Å². The number of primary amides is 1. The molecule has 6 heteroatoms. The van der Waals surface area contributed by atoms with Gasteiger partial charge in [-0.2, -0.15) is 0 Å². The maximum atomic E-state index is 12.6. The van der Waals surface area contributed by atoms with Crippen molar-refractivity contribution in [2.45, 2.75) is 0 Å². The highest BCUT2D eigenvalue weighted by Gasteiger charge is 2.11. The molecule has 0 aliphatic carbocycles. The molecular formula is C8H6FIN2O2. The predicted octanol–water partition coefficient (Wildman–Crippen LogP) is 1.24. The van der Waals surface area contributed by atoms with E-state index >= 15 is 0 Å². The molecule has 0 unspecified atom stereocenters. The summed E-state index contributed by atoms with van der Waals surface area (Å²) in [5.74, 6) is -1.08. The van der Waals surface area contributed by atoms with Gasteiger partial charge in [0, 0.05) is 3.57 Å². The molecule has 0 bridgehead atoms. The molecule has 4 nitrogen and oxygen atoms in total. The monoisotopic (exact) mass is 308 g/mol. The summed E-state index contributed by atoms with van der Waals surface area (Å²) < 4.78 is 13.1. The molecule has 1 aromatic rings. The molecular weight excluding hydrogens is 302 g/mol. The van der Waals surface area contributed by atoms with Crippen molar-refractivity contribution in [2.24, 2.45) is 5.73 Å². The van der Waals surface area contributed by atoms with Gasteiger partial charge < -0.3 is 5.73 Å². The molecule has 0 fully saturated rings. The Morgan fingerprint density at radius 1 is 1.43 bits per heavy atom. The first-order valence-corrected chi connectivity index (χ1v) is 4.64. The molecule has 0 saturated carbocycles. The van der Waals surface area contributed by atoms with E-state index in [4.69, 9.17) is 5.73 Å². The quantitative estimate of drug-likeness (QED) is 0.766. The van der Waals surface area contributed by atoms with Gasteiger partial charge in [0.25, 0.3) is 5.91 Å². The molecule has 14 heavy (non-hydrogen) atoms. The van der Waals surface area contributed by atoms with Crippen LogP contribution in [0.4, 0.5) is 9.18 Å². The van der Waals surface area contributed by atoms with Crippen molar-refractivity contribution in [1.82, 2.24) is 5.32 Å². The Morgan fingerprint density at radius 2 is 2.07 bits per heavy atom. The Morgan fingerprint density at radius 3 is 2.57 bits per heavy atom. The zero-order valence-corrected chi connectivity index (χ0v) is 9.04. The molecule has 0 aliphatic rings. The van der Waals surface area contributed by atoms with E-state index in [0.717, 1.165) is 6.07 Å². The van der Waals surface area contributed by atoms with Crippen LogP contribution in [0, 0.1) is 9.39 Å². The average molecular weight is 308 g/mol. The Kier molecular flexibility index (Phi) is 3.39. The Hall–Kier alpha value is -1.18. The van der Waals surface area contributed by atoms with E-state index in [-0.39, 0.29) is 5.56 Å². The normalized spacial score (nSPS) is 9.57. The van der Waals surface area contributed by atoms with Crippen molar-refractivity contribution < 1.29 is 14.0 Å². The van der Waals surface area contributed by atoms with Gasteiger partial charge in [0.15, 0.2) is 0 Å². The van der Waals surface area contributed by atoms with Gasteiger partial charge in [0.05, 0.1) is 5.56 Å². The molecule has 0 heterocycles. The molecule has 0 spiro atoms. The van der Waals surface area contributed by atoms with Gasteiger partial charge in [-0.25, -0.2) is 9.18 Å². The lowest BCUT2D eigenvalue weighted by molar-refractivity contribution is 0.0965. The first kappa shape index (κ1) is 10.9. The van der Waals surface area contributed by atoms with Crippen LogP contribution in [0.25, 0.3) is 0 Å². The highest BCUT2D eigenvalue weighted by atomic mass is 127. The predicted molar refractivity (Wildman–Crippen MR) is 56.2 cm³/mol. The molecule has 1 aromatic carbocycles. The minimum atomic E-state index is -0.935. The summed E-state index contributed by atoms with van der Waals surface area (Å²) in [5, 5.41) is 1.89. The molecule has 3 amide bonds. The highest BCUT2D eigenvalue weighted by Crippen LogP contribution is 2.13. The maximum Gasteiger partial charge on any atom is 0.319 e. The Bertz CT molecular complexity index is 395. The Balaban J connectivity index is 2.96. The molecule has 0 aliphatic heterocycles. The van der Waals surface area contributed by atoms with E-state index in [9.17, 15) is 14.0 Å². The SMILES string of the molecule is NC(=O)NC(=O)c1ccc(F)cc1I. The van der Waals surface area contributed by atoms with Crippen molar-refractivity contribution in [2.75, 3.05) is 0 Å². The van der Waals surface area contributed by atoms with E-state index < -0.39 is 17.8 Å². The molecule has 3 N–H and O–H groups in total. The van der Waals surface area contributed by atoms with Crippen molar-refractivity contribution >= 4 is 34.5 Å². The molecule has 0 radical (unpaired) electrons. The first-order chi connectivity index (χ1) is 6.50. The van der Waals surface area contributed by atoms with E-state index in [1.165, 1.54) is 12.1 Å². The lowest BCUT2D eigenvalue weighted by Gasteiger charge is -2.02. The van der Waals surface area contributed by atoms with Crippen molar-refractivity contribution in [3.63, 3.8) is 0 Å². The lowest BCUT2D eigenvalue weighted by Crippen LogP contribution is -2.35. The van der Waals surface area contributed by atoms with E-state index in [1.54, 1.807) is 22.6 Å². The van der Waals surface area contributed by atoms with Crippen LogP contribution in [-0.4, -0.2) is 11.9 Å². The van der Waals surface area contributed by atoms with Crippen molar-refractivity contribution in [1.29, 1.82) is 0 Å². The average Bonchev–Trinajstić information content (AvgIpc) is 2.01. The van der Waals surface area contributed by atoms with Crippen LogP contribution < -0.4 is 11.1 Å². The molecule has 0 saturated heterocycles. The highest BCUT2D eigenvalue weighted by molar-refractivity contribution is 14.1. The summed E-state index contributed by atoms with van der Waals surface area (Å²) in [6, 6.07) is 2.68. The van der Waals surface area contributed by atoms with E-state index in [2.05, 4.69) is 0 Å². The fourth-order valence-electron chi connectivity index (χ4n) is 0.853. The van der Waals surface area contributed by atoms with Crippen LogP contribution in [0.2, 0.25) is 0 Å². The standard InChI is InChI=1S/C8H6FIN2O2/c9-4-1-2-5(6(10)3-4)7(13)12-8(11)14/h1-3H,(H3,11,12,13,14). The van der Waals surface area contributed by atoms with Crippen LogP contribution in [0.3, 0.4) is 0 Å². The molecule has 0 aromatic heterocycles. The fraction of sp³-hybridized carbons (Fsp3) is 0. The minimum Gasteiger partial charge on any atom is -0.351 e. The molecule has 74 valence electrons. The number of imide groups is 1. The van der Waals surface area contributed by atoms with Crippen molar-refractivity contribution in [3.8, 4) is 0 Å². The third-order valence-corrected chi connectivity index (χ3v) is 2.30. The topological polar surface area (TPSA) is 72.2 Å². The van der Waals surface area contributed by atoms with Crippen LogP contribution in [0.5, 0.6) is 0 Å². The number of nitrogens with two attached hydrogens (primary N) is 1. The summed E-state index contributed by atoms with van der Waals surface area (Å²) in [6.07, 6.45) is 0. The van der Waals surface area contributed by atoms with Crippen LogP contribution in [0.1, 0.15) is 10.4 Å². The summed E-state index contributed by atoms with van der Waals surface area (Å²) in [7, 11) is 0. The molecule has 1 rings (SSSR count). The lowest BCUT2D eigenvalue weighted by atomic mass is 10.2. The second-order valence-corrected chi connectivity index (χ2v) is 3.60. The van der Waals surface area contributed by atoms with Crippen molar-refractivity contribution in [3.05, 3.63) is 33.1 Å². The summed E-state index contributed by atoms with van der Waals surface area (Å²) in [6.45, 7) is 0. The summed E-state index contributed by atoms with van der Waals surface area (Å²) >= 11 is 1.80. The number of halogens is 2. The van der Waals surface area contributed by atoms with E-state index in [1.807, 2.05) is 5.32 Å². The number of amides is 3. The zero-order valence-electron chi connectivity index (χ0n) is 6.88. The van der Waals surface area contributed by atoms with Gasteiger partial charge in [0.1, 0.15) is 5.82 Å². The minimum absolute atomic E-state index is 0.214. The number of nitrogens with one attached hydrogen (secondary N) is 1. The van der Waals surface area contributed by atoms with Gasteiger partial charge >= 0.3 is 6.03 Å². The maximum absolute atomic E-state index is 12.6. The van der Waals surface area contributed by atoms with Gasteiger partial charge in [-0.05, 0) is 40.8 Å². The Labute approximate surface area is 92.8 Å². The molecule has 0 atom stereocenters. The number of hydrogen-bond donors (Lipinski definition) is 2. The number of hydrogen-bond acceptors (Lipinski definition) is 2. The summed E-state index contributed by atoms with van der Waals surface area (Å²) in [5.41, 5.74) is 4.98. The van der Waals surface area contributed by atoms with Crippen LogP contribution in [0.15, 0.2) is 18.2 Å². The number of carbonyl (C=O) groups excluding carboxylic acids is 2. The van der Waals surface area contributed by atoms with Gasteiger partial charge in [-0.15, -0.1) is 0 Å². The smallest absolute Gasteiger partial charge is 0.319 e. The number of benzene rings is 1. The van der Waals surface area contributed by atoms with Gasteiger partial charge in [0.2, 0.25) is 0 Å². The number of urea groups is 1. The van der Waals surface area contributed by atoms with Gasteiger partial charge in [-0.3, -0.25) is 10.1 Å². The number of carbonyl (C=O) groups is 2. The van der Waals surface area contributed by atoms with Gasteiger partial charge in [-0.1, -0.05) is 0 Å². The third kappa shape index (κ3) is 2.66.